The van der Waals surface area contributed by atoms with Crippen LogP contribution in [0.2, 0.25) is 0 Å². The van der Waals surface area contributed by atoms with E-state index in [0.29, 0.717) is 5.92 Å². The van der Waals surface area contributed by atoms with Crippen LogP contribution in [0.1, 0.15) is 48.9 Å². The molecule has 0 fully saturated rings. The van der Waals surface area contributed by atoms with Crippen LogP contribution in [0.3, 0.4) is 0 Å². The van der Waals surface area contributed by atoms with Crippen molar-refractivity contribution in [3.05, 3.63) is 95.6 Å². The minimum absolute atomic E-state index is 0.172. The Kier molecular flexibility index (Phi) is 5.16. The smallest absolute Gasteiger partial charge is 0.127 e. The molecule has 4 rings (SSSR count). The van der Waals surface area contributed by atoms with Gasteiger partial charge in [-0.25, -0.2) is 0 Å². The number of ether oxygens (including phenoxy) is 1. The molecule has 3 nitrogen and oxygen atoms in total. The van der Waals surface area contributed by atoms with Gasteiger partial charge in [-0.1, -0.05) is 68.4 Å². The fourth-order valence-electron chi connectivity index (χ4n) is 3.74. The highest BCUT2D eigenvalue weighted by atomic mass is 16.5. The summed E-state index contributed by atoms with van der Waals surface area (Å²) in [5.74, 6) is 1.38. The van der Waals surface area contributed by atoms with Crippen LogP contribution in [0.25, 0.3) is 0 Å². The summed E-state index contributed by atoms with van der Waals surface area (Å²) >= 11 is 0. The molecule has 1 heterocycles. The molecule has 0 spiro atoms. The van der Waals surface area contributed by atoms with Gasteiger partial charge in [0.15, 0.2) is 0 Å². The van der Waals surface area contributed by atoms with Gasteiger partial charge in [0.25, 0.3) is 0 Å². The summed E-state index contributed by atoms with van der Waals surface area (Å²) in [5.41, 5.74) is 5.84. The highest BCUT2D eigenvalue weighted by Gasteiger charge is 2.30. The van der Waals surface area contributed by atoms with E-state index in [0.717, 1.165) is 29.1 Å². The molecule has 1 aliphatic heterocycles. The first-order chi connectivity index (χ1) is 13.7. The Bertz CT molecular complexity index is 961. The van der Waals surface area contributed by atoms with Crippen LogP contribution in [0.5, 0.6) is 5.75 Å². The Hall–Kier alpha value is -3.07. The van der Waals surface area contributed by atoms with Crippen LogP contribution >= 0.6 is 0 Å². The van der Waals surface area contributed by atoms with Crippen molar-refractivity contribution in [1.82, 2.24) is 0 Å². The van der Waals surface area contributed by atoms with Crippen molar-refractivity contribution in [3.8, 4) is 5.75 Å². The summed E-state index contributed by atoms with van der Waals surface area (Å²) < 4.78 is 5.58. The molecule has 28 heavy (non-hydrogen) atoms. The molecule has 3 aromatic carbocycles. The Balaban J connectivity index is 1.75. The van der Waals surface area contributed by atoms with Gasteiger partial charge in [-0.2, -0.15) is 5.10 Å². The lowest BCUT2D eigenvalue weighted by atomic mass is 9.97. The van der Waals surface area contributed by atoms with Gasteiger partial charge in [-0.05, 0) is 41.3 Å². The third-order valence-corrected chi connectivity index (χ3v) is 5.34. The molecule has 0 saturated carbocycles. The van der Waals surface area contributed by atoms with Crippen molar-refractivity contribution in [2.45, 2.75) is 32.2 Å². The number of rotatable bonds is 5. The lowest BCUT2D eigenvalue weighted by Gasteiger charge is -2.24. The Morgan fingerprint density at radius 2 is 1.57 bits per heavy atom. The molecule has 1 unspecified atom stereocenters. The fourth-order valence-corrected chi connectivity index (χ4v) is 3.74. The number of anilines is 1. The van der Waals surface area contributed by atoms with E-state index in [1.165, 1.54) is 11.1 Å². The highest BCUT2D eigenvalue weighted by Crippen LogP contribution is 2.38. The molecule has 0 amide bonds. The van der Waals surface area contributed by atoms with Gasteiger partial charge >= 0.3 is 0 Å². The van der Waals surface area contributed by atoms with Crippen molar-refractivity contribution in [2.75, 3.05) is 12.1 Å². The minimum atomic E-state index is 0.172. The quantitative estimate of drug-likeness (QED) is 0.536. The molecular weight excluding hydrogens is 344 g/mol. The van der Waals surface area contributed by atoms with Crippen LogP contribution in [-0.2, 0) is 0 Å². The molecular formula is C25H26N2O. The molecule has 0 N–H and O–H groups in total. The van der Waals surface area contributed by atoms with Crippen LogP contribution in [0, 0.1) is 0 Å². The second-order valence-electron chi connectivity index (χ2n) is 7.47. The van der Waals surface area contributed by atoms with E-state index in [1.807, 2.05) is 18.2 Å². The van der Waals surface area contributed by atoms with Crippen LogP contribution < -0.4 is 9.75 Å². The number of benzene rings is 3. The van der Waals surface area contributed by atoms with Gasteiger partial charge in [0, 0.05) is 12.0 Å². The summed E-state index contributed by atoms with van der Waals surface area (Å²) in [6.07, 6.45) is 0.844. The normalized spacial score (nSPS) is 16.4. The molecule has 0 radical (unpaired) electrons. The van der Waals surface area contributed by atoms with Crippen molar-refractivity contribution in [3.63, 3.8) is 0 Å². The molecule has 0 bridgehead atoms. The zero-order chi connectivity index (χ0) is 19.5. The second kappa shape index (κ2) is 7.89. The van der Waals surface area contributed by atoms with E-state index in [-0.39, 0.29) is 6.04 Å². The van der Waals surface area contributed by atoms with E-state index in [2.05, 4.69) is 79.5 Å². The average molecular weight is 370 g/mol. The first-order valence-electron chi connectivity index (χ1n) is 9.82. The van der Waals surface area contributed by atoms with Gasteiger partial charge in [0.2, 0.25) is 0 Å². The van der Waals surface area contributed by atoms with Crippen LogP contribution in [0.4, 0.5) is 5.69 Å². The zero-order valence-electron chi connectivity index (χ0n) is 16.7. The van der Waals surface area contributed by atoms with Crippen LogP contribution in [-0.4, -0.2) is 12.8 Å². The minimum Gasteiger partial charge on any atom is -0.496 e. The summed E-state index contributed by atoms with van der Waals surface area (Å²) in [6, 6.07) is 27.7. The molecule has 0 aromatic heterocycles. The monoisotopic (exact) mass is 370 g/mol. The first-order valence-corrected chi connectivity index (χ1v) is 9.82. The summed E-state index contributed by atoms with van der Waals surface area (Å²) in [4.78, 5) is 0. The van der Waals surface area contributed by atoms with E-state index in [4.69, 9.17) is 9.84 Å². The Labute approximate surface area is 167 Å². The number of hydrogen-bond acceptors (Lipinski definition) is 3. The number of nitrogens with zero attached hydrogens (tertiary/aromatic N) is 2. The molecule has 3 aromatic rings. The SMILES string of the molecule is COc1ccccc1C1=NN(c2ccc(C(C)C)cc2)C(c2ccccc2)C1. The zero-order valence-corrected chi connectivity index (χ0v) is 16.7. The average Bonchev–Trinajstić information content (AvgIpc) is 3.19. The first kappa shape index (κ1) is 18.3. The van der Waals surface area contributed by atoms with Crippen molar-refractivity contribution < 1.29 is 4.74 Å². The van der Waals surface area contributed by atoms with Crippen molar-refractivity contribution >= 4 is 11.4 Å². The Morgan fingerprint density at radius 3 is 2.25 bits per heavy atom. The molecule has 3 heteroatoms. The third kappa shape index (κ3) is 3.53. The van der Waals surface area contributed by atoms with E-state index in [9.17, 15) is 0 Å². The molecule has 1 atom stereocenters. The fraction of sp³-hybridized carbons (Fsp3) is 0.240. The standard InChI is InChI=1S/C25H26N2O/c1-18(2)19-13-15-21(16-14-19)27-24(20-9-5-4-6-10-20)17-23(26-27)22-11-7-8-12-25(22)28-3/h4-16,18,24H,17H2,1-3H3. The molecule has 1 aliphatic rings. The predicted octanol–water partition coefficient (Wildman–Crippen LogP) is 6.17. The van der Waals surface area contributed by atoms with Crippen LogP contribution in [0.15, 0.2) is 84.0 Å². The van der Waals surface area contributed by atoms with E-state index < -0.39 is 0 Å². The van der Waals surface area contributed by atoms with Gasteiger partial charge in [0.1, 0.15) is 5.75 Å². The predicted molar refractivity (Wildman–Crippen MR) is 116 cm³/mol. The topological polar surface area (TPSA) is 24.8 Å². The summed E-state index contributed by atoms with van der Waals surface area (Å²) in [7, 11) is 1.71. The lowest BCUT2D eigenvalue weighted by Crippen LogP contribution is -2.18. The lowest BCUT2D eigenvalue weighted by molar-refractivity contribution is 0.414. The maximum Gasteiger partial charge on any atom is 0.127 e. The van der Waals surface area contributed by atoms with Gasteiger partial charge in [-0.15, -0.1) is 0 Å². The molecule has 0 saturated heterocycles. The molecule has 142 valence electrons. The summed E-state index contributed by atoms with van der Waals surface area (Å²) in [6.45, 7) is 4.44. The maximum atomic E-state index is 5.58. The van der Waals surface area contributed by atoms with Gasteiger partial charge < -0.3 is 4.74 Å². The number of hydrogen-bond donors (Lipinski definition) is 0. The summed E-state index contributed by atoms with van der Waals surface area (Å²) in [5, 5.41) is 7.19. The number of para-hydroxylation sites is 1. The van der Waals surface area contributed by atoms with Gasteiger partial charge in [0.05, 0.1) is 24.6 Å². The number of hydrazone groups is 1. The molecule has 0 aliphatic carbocycles. The van der Waals surface area contributed by atoms with Crippen molar-refractivity contribution in [2.24, 2.45) is 5.10 Å². The number of methoxy groups -OCH3 is 1. The highest BCUT2D eigenvalue weighted by molar-refractivity contribution is 6.05. The van der Waals surface area contributed by atoms with E-state index in [1.54, 1.807) is 7.11 Å². The largest absolute Gasteiger partial charge is 0.496 e. The van der Waals surface area contributed by atoms with Crippen molar-refractivity contribution in [1.29, 1.82) is 0 Å². The Morgan fingerprint density at radius 1 is 0.893 bits per heavy atom. The maximum absolute atomic E-state index is 5.58. The second-order valence-corrected chi connectivity index (χ2v) is 7.47. The third-order valence-electron chi connectivity index (χ3n) is 5.34. The van der Waals surface area contributed by atoms with Gasteiger partial charge in [-0.3, -0.25) is 5.01 Å². The van der Waals surface area contributed by atoms with E-state index >= 15 is 0 Å².